The number of nitrogens with one attached hydrogen (secondary N) is 2. The van der Waals surface area contributed by atoms with Gasteiger partial charge in [0.2, 0.25) is 0 Å². The molecule has 0 aliphatic carbocycles. The van der Waals surface area contributed by atoms with E-state index in [1.54, 1.807) is 0 Å². The maximum Gasteiger partial charge on any atom is 0.269 e. The quantitative estimate of drug-likeness (QED) is 0.474. The molecule has 0 atom stereocenters. The van der Waals surface area contributed by atoms with Crippen molar-refractivity contribution in [2.45, 2.75) is 13.3 Å². The first-order valence-corrected chi connectivity index (χ1v) is 9.05. The van der Waals surface area contributed by atoms with Gasteiger partial charge < -0.3 is 15.4 Å². The molecule has 136 valence electrons. The number of para-hydroxylation sites is 1. The summed E-state index contributed by atoms with van der Waals surface area (Å²) >= 11 is 0. The van der Waals surface area contributed by atoms with Gasteiger partial charge in [-0.3, -0.25) is 4.79 Å². The number of amides is 1. The van der Waals surface area contributed by atoms with E-state index in [9.17, 15) is 4.79 Å². The number of hydrogen-bond acceptors (Lipinski definition) is 3. The van der Waals surface area contributed by atoms with Gasteiger partial charge in [0.25, 0.3) is 5.91 Å². The van der Waals surface area contributed by atoms with Gasteiger partial charge in [-0.25, -0.2) is 4.98 Å². The molecule has 0 unspecified atom stereocenters. The minimum absolute atomic E-state index is 0.0454. The average Bonchev–Trinajstić information content (AvgIpc) is 3.07. The van der Waals surface area contributed by atoms with Crippen LogP contribution in [0.3, 0.4) is 0 Å². The van der Waals surface area contributed by atoms with Crippen molar-refractivity contribution < 1.29 is 9.90 Å². The van der Waals surface area contributed by atoms with E-state index in [1.165, 1.54) is 5.56 Å². The first kappa shape index (κ1) is 17.2. The summed E-state index contributed by atoms with van der Waals surface area (Å²) in [4.78, 5) is 20.7. The lowest BCUT2D eigenvalue weighted by atomic mass is 10.1. The molecule has 0 spiro atoms. The fraction of sp³-hybridized carbons (Fsp3) is 0.182. The summed E-state index contributed by atoms with van der Waals surface area (Å²) in [6.07, 6.45) is 0.520. The van der Waals surface area contributed by atoms with E-state index in [0.717, 1.165) is 33.1 Å². The van der Waals surface area contributed by atoms with Crippen LogP contribution in [0.15, 0.2) is 54.6 Å². The minimum atomic E-state index is -0.232. The van der Waals surface area contributed by atoms with E-state index < -0.39 is 0 Å². The number of hydrogen-bond donors (Lipinski definition) is 3. The topological polar surface area (TPSA) is 78.0 Å². The molecule has 0 saturated carbocycles. The highest BCUT2D eigenvalue weighted by molar-refractivity contribution is 6.13. The van der Waals surface area contributed by atoms with E-state index in [-0.39, 0.29) is 12.5 Å². The number of carbonyl (C=O) groups excluding carboxylic acids is 1. The molecular formula is C22H21N3O2. The summed E-state index contributed by atoms with van der Waals surface area (Å²) in [5, 5.41) is 13.8. The normalized spacial score (nSPS) is 11.2. The Labute approximate surface area is 157 Å². The van der Waals surface area contributed by atoms with Crippen LogP contribution in [0.5, 0.6) is 0 Å². The molecule has 5 heteroatoms. The largest absolute Gasteiger partial charge is 0.396 e. The van der Waals surface area contributed by atoms with Crippen molar-refractivity contribution >= 4 is 27.7 Å². The zero-order valence-electron chi connectivity index (χ0n) is 15.1. The highest BCUT2D eigenvalue weighted by atomic mass is 16.3. The molecule has 0 fully saturated rings. The molecule has 0 saturated heterocycles. The van der Waals surface area contributed by atoms with Crippen molar-refractivity contribution in [3.8, 4) is 11.3 Å². The van der Waals surface area contributed by atoms with Gasteiger partial charge in [0.15, 0.2) is 0 Å². The molecule has 2 aromatic carbocycles. The minimum Gasteiger partial charge on any atom is -0.396 e. The molecule has 1 amide bonds. The third kappa shape index (κ3) is 3.29. The second-order valence-electron chi connectivity index (χ2n) is 6.65. The lowest BCUT2D eigenvalue weighted by Crippen LogP contribution is -2.26. The summed E-state index contributed by atoms with van der Waals surface area (Å²) in [5.74, 6) is -0.232. The molecule has 0 radical (unpaired) electrons. The molecule has 2 aromatic heterocycles. The number of aliphatic hydroxyl groups is 1. The molecule has 2 heterocycles. The number of fused-ring (bicyclic) bond motifs is 3. The van der Waals surface area contributed by atoms with Gasteiger partial charge in [0, 0.05) is 35.0 Å². The predicted octanol–water partition coefficient (Wildman–Crippen LogP) is 3.80. The Morgan fingerprint density at radius 1 is 1.11 bits per heavy atom. The zero-order chi connectivity index (χ0) is 18.8. The number of benzene rings is 2. The fourth-order valence-corrected chi connectivity index (χ4v) is 3.25. The number of rotatable bonds is 5. The van der Waals surface area contributed by atoms with Crippen molar-refractivity contribution in [1.82, 2.24) is 15.3 Å². The SMILES string of the molecule is Cc1ccc(-c2nc(C(=O)NCCCO)cc3c2[nH]c2ccccc23)cc1. The van der Waals surface area contributed by atoms with E-state index in [0.29, 0.717) is 18.7 Å². The van der Waals surface area contributed by atoms with Crippen molar-refractivity contribution in [3.05, 3.63) is 65.9 Å². The van der Waals surface area contributed by atoms with E-state index >= 15 is 0 Å². The van der Waals surface area contributed by atoms with Crippen LogP contribution in [0.1, 0.15) is 22.5 Å². The summed E-state index contributed by atoms with van der Waals surface area (Å²) < 4.78 is 0. The summed E-state index contributed by atoms with van der Waals surface area (Å²) in [5.41, 5.74) is 5.20. The molecule has 4 aromatic rings. The summed E-state index contributed by atoms with van der Waals surface area (Å²) in [6.45, 7) is 2.51. The number of aryl methyl sites for hydroxylation is 1. The highest BCUT2D eigenvalue weighted by Crippen LogP contribution is 2.32. The van der Waals surface area contributed by atoms with Gasteiger partial charge in [-0.15, -0.1) is 0 Å². The Bertz CT molecular complexity index is 1110. The van der Waals surface area contributed by atoms with Gasteiger partial charge in [0.05, 0.1) is 11.2 Å². The first-order chi connectivity index (χ1) is 13.2. The molecule has 5 nitrogen and oxygen atoms in total. The predicted molar refractivity (Wildman–Crippen MR) is 108 cm³/mol. The van der Waals surface area contributed by atoms with Crippen LogP contribution >= 0.6 is 0 Å². The number of aromatic nitrogens is 2. The van der Waals surface area contributed by atoms with Gasteiger partial charge in [-0.05, 0) is 25.5 Å². The number of aliphatic hydroxyl groups excluding tert-OH is 1. The van der Waals surface area contributed by atoms with Crippen molar-refractivity contribution in [3.63, 3.8) is 0 Å². The first-order valence-electron chi connectivity index (χ1n) is 9.05. The van der Waals surface area contributed by atoms with Crippen LogP contribution in [0.2, 0.25) is 0 Å². The van der Waals surface area contributed by atoms with Crippen LogP contribution in [-0.4, -0.2) is 34.1 Å². The highest BCUT2D eigenvalue weighted by Gasteiger charge is 2.16. The number of aromatic amines is 1. The third-order valence-electron chi connectivity index (χ3n) is 4.67. The van der Waals surface area contributed by atoms with E-state index in [2.05, 4.69) is 15.3 Å². The van der Waals surface area contributed by atoms with Gasteiger partial charge in [-0.2, -0.15) is 0 Å². The number of H-pyrrole nitrogens is 1. The standard InChI is InChI=1S/C22H21N3O2/c1-14-7-9-15(10-8-14)20-21-17(16-5-2-3-6-18(16)24-21)13-19(25-20)22(27)23-11-4-12-26/h2-3,5-10,13,24,26H,4,11-12H2,1H3,(H,23,27). The van der Waals surface area contributed by atoms with Crippen LogP contribution in [0.4, 0.5) is 0 Å². The molecule has 3 N–H and O–H groups in total. The Hall–Kier alpha value is -3.18. The van der Waals surface area contributed by atoms with Crippen molar-refractivity contribution in [1.29, 1.82) is 0 Å². The number of nitrogens with zero attached hydrogens (tertiary/aromatic N) is 1. The van der Waals surface area contributed by atoms with Crippen molar-refractivity contribution in [2.24, 2.45) is 0 Å². The van der Waals surface area contributed by atoms with Gasteiger partial charge in [0.1, 0.15) is 5.69 Å². The molecule has 0 aliphatic heterocycles. The second-order valence-corrected chi connectivity index (χ2v) is 6.65. The van der Waals surface area contributed by atoms with Crippen LogP contribution in [0.25, 0.3) is 33.1 Å². The molecule has 0 bridgehead atoms. The second kappa shape index (κ2) is 7.21. The Kier molecular flexibility index (Phi) is 4.60. The maximum absolute atomic E-state index is 12.6. The lowest BCUT2D eigenvalue weighted by molar-refractivity contribution is 0.0946. The average molecular weight is 359 g/mol. The molecular weight excluding hydrogens is 338 g/mol. The molecule has 0 aliphatic rings. The summed E-state index contributed by atoms with van der Waals surface area (Å²) in [7, 11) is 0. The summed E-state index contributed by atoms with van der Waals surface area (Å²) in [6, 6.07) is 18.0. The monoisotopic (exact) mass is 359 g/mol. The third-order valence-corrected chi connectivity index (χ3v) is 4.67. The van der Waals surface area contributed by atoms with Gasteiger partial charge in [-0.1, -0.05) is 48.0 Å². The fourth-order valence-electron chi connectivity index (χ4n) is 3.25. The van der Waals surface area contributed by atoms with E-state index in [4.69, 9.17) is 5.11 Å². The number of pyridine rings is 1. The van der Waals surface area contributed by atoms with Crippen LogP contribution in [-0.2, 0) is 0 Å². The van der Waals surface area contributed by atoms with Crippen LogP contribution in [0, 0.1) is 6.92 Å². The Balaban J connectivity index is 1.91. The molecule has 4 rings (SSSR count). The Morgan fingerprint density at radius 2 is 1.89 bits per heavy atom. The lowest BCUT2D eigenvalue weighted by Gasteiger charge is -2.08. The van der Waals surface area contributed by atoms with Crippen molar-refractivity contribution in [2.75, 3.05) is 13.2 Å². The molecule has 27 heavy (non-hydrogen) atoms. The Morgan fingerprint density at radius 3 is 2.67 bits per heavy atom. The zero-order valence-corrected chi connectivity index (χ0v) is 15.1. The van der Waals surface area contributed by atoms with E-state index in [1.807, 2.05) is 61.5 Å². The van der Waals surface area contributed by atoms with Gasteiger partial charge >= 0.3 is 0 Å². The smallest absolute Gasteiger partial charge is 0.269 e. The maximum atomic E-state index is 12.6. The number of carbonyl (C=O) groups is 1. The van der Waals surface area contributed by atoms with Crippen LogP contribution < -0.4 is 5.32 Å².